The third-order valence-corrected chi connectivity index (χ3v) is 12.9. The minimum Gasteiger partial charge on any atom is -0.328 e. The first-order chi connectivity index (χ1) is 21.6. The van der Waals surface area contributed by atoms with Gasteiger partial charge in [0.2, 0.25) is 0 Å². The smallest absolute Gasteiger partial charge is 0.320 e. The average Bonchev–Trinajstić information content (AvgIpc) is 3.11. The molecule has 4 saturated heterocycles. The third-order valence-electron chi connectivity index (χ3n) is 12.9. The number of hydrogen-bond donors (Lipinski definition) is 0. The highest BCUT2D eigenvalue weighted by molar-refractivity contribution is 5.77. The Morgan fingerprint density at radius 3 is 1.17 bits per heavy atom. The number of piperidine rings is 1. The molecule has 46 heavy (non-hydrogen) atoms. The Morgan fingerprint density at radius 1 is 0.457 bits per heavy atom. The van der Waals surface area contributed by atoms with Crippen LogP contribution >= 0.6 is 0 Å². The van der Waals surface area contributed by atoms with Crippen LogP contribution in [0.5, 0.6) is 0 Å². The zero-order valence-corrected chi connectivity index (χ0v) is 30.9. The number of likely N-dealkylation sites (N-methyl/N-ethyl adjacent to an activating group) is 2. The second-order valence-electron chi connectivity index (χ2n) is 16.7. The number of carbonyl (C=O) groups excluding carboxylic acids is 3. The van der Waals surface area contributed by atoms with Gasteiger partial charge in [0, 0.05) is 88.1 Å². The lowest BCUT2D eigenvalue weighted by atomic mass is 9.69. The Balaban J connectivity index is 0.000000157. The quantitative estimate of drug-likeness (QED) is 0.345. The lowest BCUT2D eigenvalue weighted by Crippen LogP contribution is -2.52. The van der Waals surface area contributed by atoms with Crippen molar-refractivity contribution < 1.29 is 14.4 Å². The number of likely N-dealkylation sites (tertiary alicyclic amines) is 1. The van der Waals surface area contributed by atoms with Gasteiger partial charge < -0.3 is 34.3 Å². The predicted molar refractivity (Wildman–Crippen MR) is 186 cm³/mol. The van der Waals surface area contributed by atoms with Crippen molar-refractivity contribution in [3.63, 3.8) is 0 Å². The van der Waals surface area contributed by atoms with E-state index in [0.29, 0.717) is 10.8 Å². The Hall–Kier alpha value is -2.23. The van der Waals surface area contributed by atoms with Crippen molar-refractivity contribution >= 4 is 18.1 Å². The molecule has 10 nitrogen and oxygen atoms in total. The fourth-order valence-corrected chi connectivity index (χ4v) is 9.05. The second kappa shape index (κ2) is 14.9. The SMILES string of the molecule is CC1CCC2(CC1)CCN(C)C(=O)N(C)C2.CC1CCC2(CC1)CCN(C)C(=O)N(C)C2.CN1CCC2(CC1)CN(C)C(=O)N2C. The minimum absolute atomic E-state index is 0.123. The predicted octanol–water partition coefficient (Wildman–Crippen LogP) is 5.59. The molecule has 0 unspecified atom stereocenters. The fourth-order valence-electron chi connectivity index (χ4n) is 9.05. The fraction of sp³-hybridized carbons (Fsp3) is 0.917. The Morgan fingerprint density at radius 2 is 0.826 bits per heavy atom. The number of hydrogen-bond acceptors (Lipinski definition) is 4. The molecule has 0 bridgehead atoms. The first kappa shape index (κ1) is 36.6. The van der Waals surface area contributed by atoms with Crippen LogP contribution in [0.15, 0.2) is 0 Å². The summed E-state index contributed by atoms with van der Waals surface area (Å²) in [4.78, 5) is 49.2. The van der Waals surface area contributed by atoms with E-state index >= 15 is 0 Å². The second-order valence-corrected chi connectivity index (χ2v) is 16.7. The van der Waals surface area contributed by atoms with Gasteiger partial charge in [-0.05, 0) is 81.1 Å². The van der Waals surface area contributed by atoms with E-state index in [1.54, 1.807) is 0 Å². The molecule has 6 rings (SSSR count). The summed E-state index contributed by atoms with van der Waals surface area (Å²) in [6.07, 6.45) is 15.2. The highest BCUT2D eigenvalue weighted by Gasteiger charge is 2.47. The van der Waals surface area contributed by atoms with E-state index < -0.39 is 0 Å². The lowest BCUT2D eigenvalue weighted by Gasteiger charge is -2.41. The monoisotopic (exact) mass is 646 g/mol. The van der Waals surface area contributed by atoms with Crippen LogP contribution in [0.1, 0.15) is 90.9 Å². The Labute approximate surface area is 280 Å². The van der Waals surface area contributed by atoms with Crippen molar-refractivity contribution in [3.8, 4) is 0 Å². The van der Waals surface area contributed by atoms with Gasteiger partial charge in [-0.2, -0.15) is 0 Å². The van der Waals surface area contributed by atoms with Crippen molar-refractivity contribution in [2.75, 3.05) is 95.1 Å². The molecule has 0 aromatic carbocycles. The maximum Gasteiger partial charge on any atom is 0.320 e. The number of amides is 6. The molecular weight excluding hydrogens is 578 g/mol. The summed E-state index contributed by atoms with van der Waals surface area (Å²) in [6, 6.07) is 0.556. The molecule has 0 aromatic heterocycles. The van der Waals surface area contributed by atoms with Crippen molar-refractivity contribution in [2.45, 2.75) is 96.4 Å². The van der Waals surface area contributed by atoms with E-state index in [1.807, 2.05) is 71.7 Å². The van der Waals surface area contributed by atoms with Crippen molar-refractivity contribution in [1.29, 1.82) is 0 Å². The van der Waals surface area contributed by atoms with Crippen LogP contribution in [-0.2, 0) is 0 Å². The molecule has 3 spiro atoms. The largest absolute Gasteiger partial charge is 0.328 e. The maximum absolute atomic E-state index is 11.9. The molecule has 264 valence electrons. The van der Waals surface area contributed by atoms with Crippen LogP contribution in [0.25, 0.3) is 0 Å². The minimum atomic E-state index is 0.123. The first-order valence-corrected chi connectivity index (χ1v) is 18.2. The zero-order valence-electron chi connectivity index (χ0n) is 30.9. The summed E-state index contributed by atoms with van der Waals surface area (Å²) >= 11 is 0. The lowest BCUT2D eigenvalue weighted by molar-refractivity contribution is 0.103. The summed E-state index contributed by atoms with van der Waals surface area (Å²) in [6.45, 7) is 11.6. The number of rotatable bonds is 0. The topological polar surface area (TPSA) is 73.9 Å². The van der Waals surface area contributed by atoms with Crippen LogP contribution in [0.3, 0.4) is 0 Å². The molecule has 0 radical (unpaired) electrons. The van der Waals surface area contributed by atoms with Crippen molar-refractivity contribution in [2.24, 2.45) is 22.7 Å². The highest BCUT2D eigenvalue weighted by Crippen LogP contribution is 2.44. The first-order valence-electron chi connectivity index (χ1n) is 18.2. The van der Waals surface area contributed by atoms with Crippen molar-refractivity contribution in [3.05, 3.63) is 0 Å². The van der Waals surface area contributed by atoms with Gasteiger partial charge in [-0.15, -0.1) is 0 Å². The number of carbonyl (C=O) groups is 3. The molecule has 6 amide bonds. The summed E-state index contributed by atoms with van der Waals surface area (Å²) in [7, 11) is 13.7. The van der Waals surface area contributed by atoms with E-state index in [-0.39, 0.29) is 23.6 Å². The molecule has 0 N–H and O–H groups in total. The van der Waals surface area contributed by atoms with Gasteiger partial charge in [0.25, 0.3) is 0 Å². The molecule has 4 aliphatic heterocycles. The summed E-state index contributed by atoms with van der Waals surface area (Å²) in [5, 5.41) is 0. The Bertz CT molecular complexity index is 988. The van der Waals surface area contributed by atoms with E-state index in [1.165, 1.54) is 64.2 Å². The molecule has 6 aliphatic rings. The van der Waals surface area contributed by atoms with Gasteiger partial charge in [-0.3, -0.25) is 0 Å². The third kappa shape index (κ3) is 8.43. The van der Waals surface area contributed by atoms with Gasteiger partial charge in [0.15, 0.2) is 0 Å². The molecule has 0 aromatic rings. The van der Waals surface area contributed by atoms with Crippen LogP contribution in [-0.4, -0.2) is 153 Å². The van der Waals surface area contributed by atoms with Crippen LogP contribution in [0, 0.1) is 22.7 Å². The van der Waals surface area contributed by atoms with Crippen molar-refractivity contribution in [1.82, 2.24) is 34.3 Å². The van der Waals surface area contributed by atoms with Gasteiger partial charge >= 0.3 is 18.1 Å². The Kier molecular flexibility index (Phi) is 11.9. The zero-order chi connectivity index (χ0) is 33.9. The molecule has 6 fully saturated rings. The maximum atomic E-state index is 11.9. The summed E-state index contributed by atoms with van der Waals surface area (Å²) in [5.74, 6) is 1.76. The summed E-state index contributed by atoms with van der Waals surface area (Å²) in [5.41, 5.74) is 0.960. The summed E-state index contributed by atoms with van der Waals surface area (Å²) < 4.78 is 0. The van der Waals surface area contributed by atoms with Crippen LogP contribution in [0.4, 0.5) is 14.4 Å². The number of urea groups is 3. The van der Waals surface area contributed by atoms with Gasteiger partial charge in [-0.25, -0.2) is 14.4 Å². The van der Waals surface area contributed by atoms with Crippen LogP contribution < -0.4 is 0 Å². The normalized spacial score (nSPS) is 34.0. The van der Waals surface area contributed by atoms with Gasteiger partial charge in [-0.1, -0.05) is 39.5 Å². The van der Waals surface area contributed by atoms with E-state index in [4.69, 9.17) is 0 Å². The highest BCUT2D eigenvalue weighted by atomic mass is 16.2. The van der Waals surface area contributed by atoms with Crippen LogP contribution in [0.2, 0.25) is 0 Å². The average molecular weight is 646 g/mol. The molecule has 0 atom stereocenters. The standard InChI is InChI=1S/2C13H24N2O.C10H19N3O/c2*1-11-4-6-13(7-5-11)8-9-14(2)12(16)15(3)10-13;1-11-6-4-10(5-7-11)8-12(2)9(14)13(10)3/h2*11H,4-10H2,1-3H3;4-8H2,1-3H3. The van der Waals surface area contributed by atoms with E-state index in [2.05, 4.69) is 25.8 Å². The van der Waals surface area contributed by atoms with Gasteiger partial charge in [0.05, 0.1) is 5.54 Å². The molecular formula is C36H67N7O3. The molecule has 10 heteroatoms. The van der Waals surface area contributed by atoms with Gasteiger partial charge in [0.1, 0.15) is 0 Å². The molecule has 2 saturated carbocycles. The molecule has 4 heterocycles. The number of nitrogens with zero attached hydrogens (tertiary/aromatic N) is 7. The molecule has 2 aliphatic carbocycles. The van der Waals surface area contributed by atoms with E-state index in [9.17, 15) is 14.4 Å². The van der Waals surface area contributed by atoms with E-state index in [0.717, 1.165) is 70.5 Å².